The highest BCUT2D eigenvalue weighted by molar-refractivity contribution is 5.55. The first-order valence-corrected chi connectivity index (χ1v) is 3.49. The summed E-state index contributed by atoms with van der Waals surface area (Å²) in [6.07, 6.45) is 6.17. The monoisotopic (exact) mass is 125 g/mol. The van der Waals surface area contributed by atoms with E-state index in [2.05, 4.69) is 18.0 Å². The average Bonchev–Trinajstić information content (AvgIpc) is 1.88. The molecule has 0 atom stereocenters. The third kappa shape index (κ3) is 3.95. The second-order valence-corrected chi connectivity index (χ2v) is 1.92. The van der Waals surface area contributed by atoms with Gasteiger partial charge in [0.25, 0.3) is 0 Å². The summed E-state index contributed by atoms with van der Waals surface area (Å²) >= 11 is 0. The Morgan fingerprint density at radius 3 is 2.44 bits per heavy atom. The molecule has 0 aliphatic carbocycles. The standard InChI is InChI=1S/C8H15N/c1-4-7-8(5-2)9-6-3/h5-6H,4,7H2,1-3H3/b8-5-,9-6?. The lowest BCUT2D eigenvalue weighted by Crippen LogP contribution is -1.76. The van der Waals surface area contributed by atoms with Crippen LogP contribution in [-0.4, -0.2) is 6.21 Å². The normalized spacial score (nSPS) is 13.0. The quantitative estimate of drug-likeness (QED) is 0.514. The van der Waals surface area contributed by atoms with Crippen molar-refractivity contribution in [3.63, 3.8) is 0 Å². The minimum absolute atomic E-state index is 1.10. The maximum Gasteiger partial charge on any atom is 0.0356 e. The van der Waals surface area contributed by atoms with Crippen LogP contribution in [0.1, 0.15) is 33.6 Å². The van der Waals surface area contributed by atoms with Crippen molar-refractivity contribution in [2.24, 2.45) is 4.99 Å². The predicted molar refractivity (Wildman–Crippen MR) is 42.8 cm³/mol. The van der Waals surface area contributed by atoms with Crippen LogP contribution >= 0.6 is 0 Å². The molecule has 0 heterocycles. The van der Waals surface area contributed by atoms with E-state index in [1.165, 1.54) is 12.1 Å². The van der Waals surface area contributed by atoms with Crippen LogP contribution in [0.2, 0.25) is 0 Å². The van der Waals surface area contributed by atoms with Gasteiger partial charge in [0.1, 0.15) is 0 Å². The van der Waals surface area contributed by atoms with Crippen molar-refractivity contribution in [2.75, 3.05) is 0 Å². The van der Waals surface area contributed by atoms with Gasteiger partial charge in [0.15, 0.2) is 0 Å². The van der Waals surface area contributed by atoms with E-state index in [0.717, 1.165) is 6.42 Å². The average molecular weight is 125 g/mol. The molecule has 1 nitrogen and oxygen atoms in total. The highest BCUT2D eigenvalue weighted by atomic mass is 14.7. The first kappa shape index (κ1) is 8.41. The van der Waals surface area contributed by atoms with Crippen LogP contribution in [0.25, 0.3) is 0 Å². The molecule has 0 saturated carbocycles. The third-order valence-corrected chi connectivity index (χ3v) is 1.13. The first-order valence-electron chi connectivity index (χ1n) is 3.49. The van der Waals surface area contributed by atoms with E-state index < -0.39 is 0 Å². The van der Waals surface area contributed by atoms with Gasteiger partial charge in [-0.2, -0.15) is 0 Å². The summed E-state index contributed by atoms with van der Waals surface area (Å²) in [5, 5.41) is 0. The van der Waals surface area contributed by atoms with Crippen molar-refractivity contribution < 1.29 is 0 Å². The van der Waals surface area contributed by atoms with Crippen molar-refractivity contribution in [2.45, 2.75) is 33.6 Å². The highest BCUT2D eigenvalue weighted by Crippen LogP contribution is 2.04. The zero-order valence-electron chi connectivity index (χ0n) is 6.52. The van der Waals surface area contributed by atoms with Crippen LogP contribution in [-0.2, 0) is 0 Å². The van der Waals surface area contributed by atoms with Crippen molar-refractivity contribution in [1.29, 1.82) is 0 Å². The molecule has 0 aromatic heterocycles. The van der Waals surface area contributed by atoms with E-state index >= 15 is 0 Å². The fourth-order valence-electron chi connectivity index (χ4n) is 0.705. The molecule has 0 saturated heterocycles. The fourth-order valence-corrected chi connectivity index (χ4v) is 0.705. The molecule has 0 aromatic carbocycles. The van der Waals surface area contributed by atoms with Crippen molar-refractivity contribution >= 4 is 6.21 Å². The predicted octanol–water partition coefficient (Wildman–Crippen LogP) is 2.78. The summed E-state index contributed by atoms with van der Waals surface area (Å²) in [7, 11) is 0. The summed E-state index contributed by atoms with van der Waals surface area (Å²) < 4.78 is 0. The summed E-state index contributed by atoms with van der Waals surface area (Å²) in [4.78, 5) is 4.17. The minimum Gasteiger partial charge on any atom is -0.266 e. The minimum atomic E-state index is 1.10. The largest absolute Gasteiger partial charge is 0.266 e. The van der Waals surface area contributed by atoms with E-state index in [1.54, 1.807) is 0 Å². The van der Waals surface area contributed by atoms with Gasteiger partial charge in [-0.3, -0.25) is 4.99 Å². The second-order valence-electron chi connectivity index (χ2n) is 1.92. The Morgan fingerprint density at radius 1 is 1.44 bits per heavy atom. The molecule has 0 N–H and O–H groups in total. The molecule has 0 unspecified atom stereocenters. The van der Waals surface area contributed by atoms with Gasteiger partial charge in [-0.15, -0.1) is 0 Å². The maximum atomic E-state index is 4.17. The Hall–Kier alpha value is -0.590. The SMILES string of the molecule is CC=N/C(=C\C)CCC. The Balaban J connectivity index is 3.70. The third-order valence-electron chi connectivity index (χ3n) is 1.13. The van der Waals surface area contributed by atoms with Gasteiger partial charge in [0.05, 0.1) is 0 Å². The van der Waals surface area contributed by atoms with Gasteiger partial charge in [0, 0.05) is 11.9 Å². The topological polar surface area (TPSA) is 12.4 Å². The molecule has 0 bridgehead atoms. The van der Waals surface area contributed by atoms with Crippen LogP contribution < -0.4 is 0 Å². The molecule has 52 valence electrons. The van der Waals surface area contributed by atoms with Crippen LogP contribution in [0.4, 0.5) is 0 Å². The first-order chi connectivity index (χ1) is 4.35. The van der Waals surface area contributed by atoms with E-state index in [0.29, 0.717) is 0 Å². The molecule has 0 aliphatic rings. The summed E-state index contributed by atoms with van der Waals surface area (Å²) in [5.41, 5.74) is 1.19. The Labute approximate surface area is 57.5 Å². The molecule has 0 aliphatic heterocycles. The van der Waals surface area contributed by atoms with Gasteiger partial charge in [-0.1, -0.05) is 19.4 Å². The zero-order chi connectivity index (χ0) is 7.11. The van der Waals surface area contributed by atoms with Crippen LogP contribution in [0, 0.1) is 0 Å². The van der Waals surface area contributed by atoms with Crippen molar-refractivity contribution in [1.82, 2.24) is 0 Å². The number of hydrogen-bond donors (Lipinski definition) is 0. The van der Waals surface area contributed by atoms with E-state index in [1.807, 2.05) is 20.1 Å². The van der Waals surface area contributed by atoms with E-state index in [-0.39, 0.29) is 0 Å². The number of nitrogens with zero attached hydrogens (tertiary/aromatic N) is 1. The fraction of sp³-hybridized carbons (Fsp3) is 0.625. The molecule has 0 rings (SSSR count). The molecular formula is C8H15N. The number of aliphatic imine (C=N–C) groups is 1. The Bertz CT molecular complexity index is 112. The molecule has 9 heavy (non-hydrogen) atoms. The number of allylic oxidation sites excluding steroid dienone is 2. The molecule has 0 aromatic rings. The lowest BCUT2D eigenvalue weighted by molar-refractivity contribution is 0.892. The van der Waals surface area contributed by atoms with Gasteiger partial charge in [-0.05, 0) is 20.3 Å². The van der Waals surface area contributed by atoms with Crippen molar-refractivity contribution in [3.8, 4) is 0 Å². The molecule has 1 heteroatoms. The van der Waals surface area contributed by atoms with Gasteiger partial charge in [0.2, 0.25) is 0 Å². The van der Waals surface area contributed by atoms with Crippen molar-refractivity contribution in [3.05, 3.63) is 11.8 Å². The maximum absolute atomic E-state index is 4.17. The van der Waals surface area contributed by atoms with E-state index in [9.17, 15) is 0 Å². The van der Waals surface area contributed by atoms with Gasteiger partial charge < -0.3 is 0 Å². The lowest BCUT2D eigenvalue weighted by atomic mass is 10.2. The molecule has 0 radical (unpaired) electrons. The molecule has 0 fully saturated rings. The van der Waals surface area contributed by atoms with Crippen LogP contribution in [0.3, 0.4) is 0 Å². The van der Waals surface area contributed by atoms with Gasteiger partial charge >= 0.3 is 0 Å². The second kappa shape index (κ2) is 5.54. The van der Waals surface area contributed by atoms with Crippen LogP contribution in [0.5, 0.6) is 0 Å². The molecule has 0 amide bonds. The Kier molecular flexibility index (Phi) is 5.18. The number of hydrogen-bond acceptors (Lipinski definition) is 1. The molecule has 0 spiro atoms. The highest BCUT2D eigenvalue weighted by Gasteiger charge is 1.85. The smallest absolute Gasteiger partial charge is 0.0356 e. The summed E-state index contributed by atoms with van der Waals surface area (Å²) in [6, 6.07) is 0. The van der Waals surface area contributed by atoms with Gasteiger partial charge in [-0.25, -0.2) is 0 Å². The zero-order valence-corrected chi connectivity index (χ0v) is 6.52. The number of rotatable bonds is 3. The summed E-state index contributed by atoms with van der Waals surface area (Å²) in [5.74, 6) is 0. The summed E-state index contributed by atoms with van der Waals surface area (Å²) in [6.45, 7) is 6.13. The molecular weight excluding hydrogens is 110 g/mol. The Morgan fingerprint density at radius 2 is 2.11 bits per heavy atom. The lowest BCUT2D eigenvalue weighted by Gasteiger charge is -1.94. The van der Waals surface area contributed by atoms with E-state index in [4.69, 9.17) is 0 Å². The van der Waals surface area contributed by atoms with Crippen LogP contribution in [0.15, 0.2) is 16.8 Å².